The maximum absolute atomic E-state index is 12.3. The molecule has 0 aromatic heterocycles. The molecule has 0 heterocycles. The summed E-state index contributed by atoms with van der Waals surface area (Å²) in [7, 11) is 3.01. The molecular weight excluding hydrogens is 358 g/mol. The predicted octanol–water partition coefficient (Wildman–Crippen LogP) is 3.47. The number of ether oxygens (including phenoxy) is 3. The van der Waals surface area contributed by atoms with Gasteiger partial charge in [0.1, 0.15) is 11.5 Å². The van der Waals surface area contributed by atoms with Gasteiger partial charge in [-0.1, -0.05) is 29.8 Å². The molecule has 0 unspecified atom stereocenters. The molecule has 0 aliphatic heterocycles. The Bertz CT molecular complexity index is 793. The number of carbonyl (C=O) groups excluding carboxylic acids is 2. The zero-order valence-electron chi connectivity index (χ0n) is 14.7. The zero-order chi connectivity index (χ0) is 19.1. The maximum Gasteiger partial charge on any atom is 0.311 e. The number of rotatable bonds is 7. The number of carbonyl (C=O) groups is 2. The van der Waals surface area contributed by atoms with E-state index in [0.717, 1.165) is 0 Å². The number of para-hydroxylation sites is 1. The summed E-state index contributed by atoms with van der Waals surface area (Å²) >= 11 is 5.94. The molecule has 26 heavy (non-hydrogen) atoms. The van der Waals surface area contributed by atoms with Crippen molar-refractivity contribution in [3.8, 4) is 11.5 Å². The van der Waals surface area contributed by atoms with Crippen molar-refractivity contribution in [1.82, 2.24) is 0 Å². The van der Waals surface area contributed by atoms with Crippen molar-refractivity contribution in [3.05, 3.63) is 53.1 Å². The Hall–Kier alpha value is -2.73. The molecule has 0 saturated carbocycles. The number of anilines is 1. The van der Waals surface area contributed by atoms with Gasteiger partial charge in [-0.2, -0.15) is 0 Å². The second-order valence-electron chi connectivity index (χ2n) is 5.45. The Balaban J connectivity index is 1.98. The van der Waals surface area contributed by atoms with E-state index in [-0.39, 0.29) is 6.42 Å². The first-order chi connectivity index (χ1) is 12.4. The Morgan fingerprint density at radius 2 is 1.77 bits per heavy atom. The largest absolute Gasteiger partial charge is 0.496 e. The average molecular weight is 378 g/mol. The van der Waals surface area contributed by atoms with Crippen molar-refractivity contribution in [3.63, 3.8) is 0 Å². The van der Waals surface area contributed by atoms with Gasteiger partial charge >= 0.3 is 5.97 Å². The molecule has 2 rings (SSSR count). The normalized spacial score (nSPS) is 11.4. The topological polar surface area (TPSA) is 73.9 Å². The van der Waals surface area contributed by atoms with Gasteiger partial charge in [-0.25, -0.2) is 0 Å². The number of methoxy groups -OCH3 is 2. The van der Waals surface area contributed by atoms with Gasteiger partial charge in [-0.3, -0.25) is 9.59 Å². The van der Waals surface area contributed by atoms with Gasteiger partial charge in [0.05, 0.1) is 26.3 Å². The van der Waals surface area contributed by atoms with E-state index in [1.165, 1.54) is 21.1 Å². The van der Waals surface area contributed by atoms with Crippen LogP contribution in [0.25, 0.3) is 0 Å². The lowest BCUT2D eigenvalue weighted by Gasteiger charge is -2.16. The van der Waals surface area contributed by atoms with Crippen LogP contribution in [0, 0.1) is 0 Å². The summed E-state index contributed by atoms with van der Waals surface area (Å²) in [4.78, 5) is 24.4. The van der Waals surface area contributed by atoms with Crippen molar-refractivity contribution in [1.29, 1.82) is 0 Å². The number of hydrogen-bond acceptors (Lipinski definition) is 5. The predicted molar refractivity (Wildman–Crippen MR) is 98.9 cm³/mol. The van der Waals surface area contributed by atoms with Gasteiger partial charge in [0.15, 0.2) is 6.10 Å². The van der Waals surface area contributed by atoms with E-state index in [4.69, 9.17) is 25.8 Å². The molecule has 0 fully saturated rings. The van der Waals surface area contributed by atoms with E-state index < -0.39 is 18.0 Å². The molecule has 0 spiro atoms. The Kier molecular flexibility index (Phi) is 6.86. The molecule has 0 radical (unpaired) electrons. The molecule has 7 heteroatoms. The number of hydrogen-bond donors (Lipinski definition) is 1. The third kappa shape index (κ3) is 5.13. The first kappa shape index (κ1) is 19.6. The monoisotopic (exact) mass is 377 g/mol. The van der Waals surface area contributed by atoms with E-state index in [1.54, 1.807) is 36.4 Å². The second kappa shape index (κ2) is 9.10. The van der Waals surface area contributed by atoms with Crippen molar-refractivity contribution in [2.45, 2.75) is 19.4 Å². The molecule has 138 valence electrons. The Morgan fingerprint density at radius 1 is 1.08 bits per heavy atom. The highest BCUT2D eigenvalue weighted by Crippen LogP contribution is 2.28. The van der Waals surface area contributed by atoms with Crippen LogP contribution in [0.1, 0.15) is 12.5 Å². The molecule has 1 atom stereocenters. The minimum Gasteiger partial charge on any atom is -0.496 e. The van der Waals surface area contributed by atoms with Gasteiger partial charge in [0.2, 0.25) is 0 Å². The number of amides is 1. The summed E-state index contributed by atoms with van der Waals surface area (Å²) in [6.45, 7) is 1.49. The van der Waals surface area contributed by atoms with Crippen LogP contribution in [0.2, 0.25) is 5.02 Å². The first-order valence-corrected chi connectivity index (χ1v) is 8.28. The number of esters is 1. The van der Waals surface area contributed by atoms with E-state index >= 15 is 0 Å². The molecule has 2 aromatic carbocycles. The van der Waals surface area contributed by atoms with E-state index in [1.807, 2.05) is 6.07 Å². The minimum atomic E-state index is -0.985. The maximum atomic E-state index is 12.3. The van der Waals surface area contributed by atoms with Crippen LogP contribution in [0.5, 0.6) is 11.5 Å². The van der Waals surface area contributed by atoms with Crippen molar-refractivity contribution in [2.75, 3.05) is 19.5 Å². The molecule has 0 aliphatic carbocycles. The highest BCUT2D eigenvalue weighted by Gasteiger charge is 2.20. The number of halogens is 1. The smallest absolute Gasteiger partial charge is 0.311 e. The summed E-state index contributed by atoms with van der Waals surface area (Å²) in [5, 5.41) is 3.09. The summed E-state index contributed by atoms with van der Waals surface area (Å²) in [6.07, 6.45) is -0.983. The molecule has 0 saturated heterocycles. The van der Waals surface area contributed by atoms with E-state index in [2.05, 4.69) is 5.32 Å². The average Bonchev–Trinajstić information content (AvgIpc) is 2.62. The van der Waals surface area contributed by atoms with Crippen LogP contribution in [-0.2, 0) is 20.7 Å². The zero-order valence-corrected chi connectivity index (χ0v) is 15.5. The standard InChI is InChI=1S/C19H20ClNO5/c1-12(19(23)21-15-11-14(20)8-9-17(15)25-3)26-18(22)10-13-6-4-5-7-16(13)24-2/h4-9,11-12H,10H2,1-3H3,(H,21,23)/t12-/m1/s1. The van der Waals surface area contributed by atoms with E-state index in [0.29, 0.717) is 27.8 Å². The van der Waals surface area contributed by atoms with Crippen LogP contribution >= 0.6 is 11.6 Å². The molecule has 1 N–H and O–H groups in total. The van der Waals surface area contributed by atoms with Gasteiger partial charge in [-0.15, -0.1) is 0 Å². The summed E-state index contributed by atoms with van der Waals surface area (Å²) in [5.41, 5.74) is 1.08. The van der Waals surface area contributed by atoms with Crippen LogP contribution in [0.15, 0.2) is 42.5 Å². The minimum absolute atomic E-state index is 0.00210. The highest BCUT2D eigenvalue weighted by atomic mass is 35.5. The van der Waals surface area contributed by atoms with Crippen LogP contribution in [-0.4, -0.2) is 32.2 Å². The van der Waals surface area contributed by atoms with Crippen LogP contribution in [0.3, 0.4) is 0 Å². The lowest BCUT2D eigenvalue weighted by atomic mass is 10.1. The molecule has 6 nitrogen and oxygen atoms in total. The number of benzene rings is 2. The molecule has 0 aliphatic rings. The lowest BCUT2D eigenvalue weighted by Crippen LogP contribution is -2.30. The van der Waals surface area contributed by atoms with Gasteiger partial charge < -0.3 is 19.5 Å². The first-order valence-electron chi connectivity index (χ1n) is 7.90. The van der Waals surface area contributed by atoms with Gasteiger partial charge in [-0.05, 0) is 31.2 Å². The fourth-order valence-corrected chi connectivity index (χ4v) is 2.48. The number of nitrogens with one attached hydrogen (secondary N) is 1. The van der Waals surface area contributed by atoms with Gasteiger partial charge in [0, 0.05) is 10.6 Å². The van der Waals surface area contributed by atoms with Gasteiger partial charge in [0.25, 0.3) is 5.91 Å². The fourth-order valence-electron chi connectivity index (χ4n) is 2.31. The Labute approximate surface area is 157 Å². The SMILES string of the molecule is COc1ccccc1CC(=O)O[C@H](C)C(=O)Nc1cc(Cl)ccc1OC. The fraction of sp³-hybridized carbons (Fsp3) is 0.263. The van der Waals surface area contributed by atoms with Crippen molar-refractivity contribution in [2.24, 2.45) is 0 Å². The summed E-state index contributed by atoms with van der Waals surface area (Å²) in [5.74, 6) is 0.0228. The lowest BCUT2D eigenvalue weighted by molar-refractivity contribution is -0.152. The van der Waals surface area contributed by atoms with E-state index in [9.17, 15) is 9.59 Å². The quantitative estimate of drug-likeness (QED) is 0.748. The molecular formula is C19H20ClNO5. The second-order valence-corrected chi connectivity index (χ2v) is 5.89. The summed E-state index contributed by atoms with van der Waals surface area (Å²) < 4.78 is 15.6. The van der Waals surface area contributed by atoms with Crippen molar-refractivity contribution >= 4 is 29.2 Å². The van der Waals surface area contributed by atoms with Crippen LogP contribution < -0.4 is 14.8 Å². The Morgan fingerprint density at radius 3 is 2.46 bits per heavy atom. The molecule has 0 bridgehead atoms. The third-order valence-electron chi connectivity index (χ3n) is 3.62. The molecule has 1 amide bonds. The van der Waals surface area contributed by atoms with Crippen LogP contribution in [0.4, 0.5) is 5.69 Å². The highest BCUT2D eigenvalue weighted by molar-refractivity contribution is 6.31. The van der Waals surface area contributed by atoms with Crippen molar-refractivity contribution < 1.29 is 23.8 Å². The summed E-state index contributed by atoms with van der Waals surface area (Å²) in [6, 6.07) is 12.0. The third-order valence-corrected chi connectivity index (χ3v) is 3.86. The molecule has 2 aromatic rings.